The molecular weight excluding hydrogens is 316 g/mol. The summed E-state index contributed by atoms with van der Waals surface area (Å²) in [4.78, 5) is 12.1. The molecule has 0 aromatic heterocycles. The molecule has 0 heterocycles. The first kappa shape index (κ1) is 16.8. The van der Waals surface area contributed by atoms with E-state index in [1.54, 1.807) is 20.3 Å². The topological polar surface area (TPSA) is 44.8 Å². The molecule has 0 N–H and O–H groups in total. The van der Waals surface area contributed by atoms with Crippen LogP contribution < -0.4 is 9.47 Å². The monoisotopic (exact) mass is 336 g/mol. The summed E-state index contributed by atoms with van der Waals surface area (Å²) in [5, 5.41) is 1.85. The molecule has 0 aliphatic heterocycles. The zero-order chi connectivity index (χ0) is 17.8. The van der Waals surface area contributed by atoms with Crippen molar-refractivity contribution in [2.75, 3.05) is 21.3 Å². The van der Waals surface area contributed by atoms with Gasteiger partial charge in [-0.2, -0.15) is 0 Å². The second-order valence-electron chi connectivity index (χ2n) is 5.72. The summed E-state index contributed by atoms with van der Waals surface area (Å²) in [5.74, 6) is 1.03. The van der Waals surface area contributed by atoms with E-state index < -0.39 is 0 Å². The first-order valence-electron chi connectivity index (χ1n) is 7.97. The summed E-state index contributed by atoms with van der Waals surface area (Å²) >= 11 is 0. The van der Waals surface area contributed by atoms with Gasteiger partial charge < -0.3 is 14.2 Å². The van der Waals surface area contributed by atoms with E-state index in [-0.39, 0.29) is 5.97 Å². The molecule has 4 nitrogen and oxygen atoms in total. The predicted octanol–water partition coefficient (Wildman–Crippen LogP) is 4.23. The van der Waals surface area contributed by atoms with Gasteiger partial charge in [0.15, 0.2) is 0 Å². The van der Waals surface area contributed by atoms with E-state index in [4.69, 9.17) is 14.2 Å². The van der Waals surface area contributed by atoms with Gasteiger partial charge in [-0.1, -0.05) is 30.3 Å². The van der Waals surface area contributed by atoms with Crippen molar-refractivity contribution in [2.45, 2.75) is 6.42 Å². The molecule has 4 heteroatoms. The minimum Gasteiger partial charge on any atom is -0.497 e. The van der Waals surface area contributed by atoms with Crippen molar-refractivity contribution < 1.29 is 19.0 Å². The van der Waals surface area contributed by atoms with Crippen LogP contribution in [0.3, 0.4) is 0 Å². The molecule has 0 saturated heterocycles. The van der Waals surface area contributed by atoms with Gasteiger partial charge in [-0.3, -0.25) is 0 Å². The van der Waals surface area contributed by atoms with E-state index in [1.807, 2.05) is 36.4 Å². The average Bonchev–Trinajstić information content (AvgIpc) is 2.66. The van der Waals surface area contributed by atoms with Crippen LogP contribution in [0.25, 0.3) is 10.8 Å². The highest BCUT2D eigenvalue weighted by molar-refractivity contribution is 6.00. The molecule has 0 radical (unpaired) electrons. The Balaban J connectivity index is 2.25. The summed E-state index contributed by atoms with van der Waals surface area (Å²) in [6, 6.07) is 17.5. The number of methoxy groups -OCH3 is 3. The molecule has 0 spiro atoms. The number of rotatable bonds is 5. The number of hydrogen-bond acceptors (Lipinski definition) is 4. The van der Waals surface area contributed by atoms with Crippen molar-refractivity contribution in [3.63, 3.8) is 0 Å². The lowest BCUT2D eigenvalue weighted by atomic mass is 9.95. The fraction of sp³-hybridized carbons (Fsp3) is 0.190. The number of benzene rings is 3. The van der Waals surface area contributed by atoms with E-state index in [1.165, 1.54) is 7.11 Å². The van der Waals surface area contributed by atoms with E-state index in [0.29, 0.717) is 17.7 Å². The predicted molar refractivity (Wildman–Crippen MR) is 97.6 cm³/mol. The number of carbonyl (C=O) groups excluding carboxylic acids is 1. The summed E-state index contributed by atoms with van der Waals surface area (Å²) < 4.78 is 15.8. The van der Waals surface area contributed by atoms with E-state index >= 15 is 0 Å². The minimum absolute atomic E-state index is 0.363. The lowest BCUT2D eigenvalue weighted by molar-refractivity contribution is 0.0601. The van der Waals surface area contributed by atoms with Crippen molar-refractivity contribution >= 4 is 16.7 Å². The third-order valence-corrected chi connectivity index (χ3v) is 4.18. The quantitative estimate of drug-likeness (QED) is 0.654. The standard InChI is InChI=1S/C21H20O4/c1-23-18-12-16-11-17(21(22)25-3)10-15(20(16)19(13-18)24-2)9-14-7-5-4-6-8-14/h4-8,10-13H,9H2,1-3H3. The van der Waals surface area contributed by atoms with Gasteiger partial charge >= 0.3 is 5.97 Å². The van der Waals surface area contributed by atoms with Gasteiger partial charge in [-0.05, 0) is 41.1 Å². The molecule has 0 fully saturated rings. The van der Waals surface area contributed by atoms with Crippen LogP contribution in [-0.4, -0.2) is 27.3 Å². The Morgan fingerprint density at radius 3 is 2.32 bits per heavy atom. The summed E-state index contributed by atoms with van der Waals surface area (Å²) in [6.45, 7) is 0. The van der Waals surface area contributed by atoms with Crippen LogP contribution >= 0.6 is 0 Å². The third kappa shape index (κ3) is 3.43. The molecule has 0 unspecified atom stereocenters. The van der Waals surface area contributed by atoms with Crippen LogP contribution in [-0.2, 0) is 11.2 Å². The molecule has 0 aliphatic rings. The molecule has 0 atom stereocenters. The number of hydrogen-bond donors (Lipinski definition) is 0. The van der Waals surface area contributed by atoms with E-state index in [9.17, 15) is 4.79 Å². The molecule has 3 rings (SSSR count). The van der Waals surface area contributed by atoms with Gasteiger partial charge in [0.05, 0.1) is 26.9 Å². The number of carbonyl (C=O) groups is 1. The van der Waals surface area contributed by atoms with Crippen molar-refractivity contribution in [3.8, 4) is 11.5 Å². The van der Waals surface area contributed by atoms with Crippen LogP contribution in [0.15, 0.2) is 54.6 Å². The SMILES string of the molecule is COC(=O)c1cc(Cc2ccccc2)c2c(OC)cc(OC)cc2c1. The maximum atomic E-state index is 12.1. The number of esters is 1. The number of ether oxygens (including phenoxy) is 3. The normalized spacial score (nSPS) is 10.5. The highest BCUT2D eigenvalue weighted by Crippen LogP contribution is 2.35. The van der Waals surface area contributed by atoms with Crippen LogP contribution in [0.2, 0.25) is 0 Å². The molecule has 0 amide bonds. The van der Waals surface area contributed by atoms with Crippen LogP contribution in [0.1, 0.15) is 21.5 Å². The Bertz CT molecular complexity index is 901. The smallest absolute Gasteiger partial charge is 0.337 e. The Morgan fingerprint density at radius 2 is 1.68 bits per heavy atom. The lowest BCUT2D eigenvalue weighted by Gasteiger charge is -2.15. The minimum atomic E-state index is -0.363. The average molecular weight is 336 g/mol. The first-order chi connectivity index (χ1) is 12.2. The van der Waals surface area contributed by atoms with Gasteiger partial charge in [0, 0.05) is 11.5 Å². The molecule has 0 saturated carbocycles. The molecule has 0 bridgehead atoms. The van der Waals surface area contributed by atoms with Gasteiger partial charge in [-0.25, -0.2) is 4.79 Å². The van der Waals surface area contributed by atoms with Crippen molar-refractivity contribution in [1.29, 1.82) is 0 Å². The molecule has 3 aromatic carbocycles. The summed E-state index contributed by atoms with van der Waals surface area (Å²) in [5.41, 5.74) is 2.67. The highest BCUT2D eigenvalue weighted by Gasteiger charge is 2.15. The maximum absolute atomic E-state index is 12.1. The van der Waals surface area contributed by atoms with E-state index in [2.05, 4.69) is 12.1 Å². The van der Waals surface area contributed by atoms with E-state index in [0.717, 1.165) is 27.6 Å². The summed E-state index contributed by atoms with van der Waals surface area (Å²) in [6.07, 6.45) is 0.685. The van der Waals surface area contributed by atoms with Gasteiger partial charge in [0.2, 0.25) is 0 Å². The fourth-order valence-electron chi connectivity index (χ4n) is 3.01. The van der Waals surface area contributed by atoms with Gasteiger partial charge in [0.1, 0.15) is 11.5 Å². The Kier molecular flexibility index (Phi) is 4.89. The van der Waals surface area contributed by atoms with Crippen molar-refractivity contribution in [2.24, 2.45) is 0 Å². The Hall–Kier alpha value is -3.01. The molecule has 3 aromatic rings. The molecule has 0 aliphatic carbocycles. The zero-order valence-corrected chi connectivity index (χ0v) is 14.5. The van der Waals surface area contributed by atoms with Crippen LogP contribution in [0.4, 0.5) is 0 Å². The van der Waals surface area contributed by atoms with Gasteiger partial charge in [-0.15, -0.1) is 0 Å². The van der Waals surface area contributed by atoms with Crippen molar-refractivity contribution in [3.05, 3.63) is 71.3 Å². The third-order valence-electron chi connectivity index (χ3n) is 4.18. The largest absolute Gasteiger partial charge is 0.497 e. The maximum Gasteiger partial charge on any atom is 0.337 e. The highest BCUT2D eigenvalue weighted by atomic mass is 16.5. The second kappa shape index (κ2) is 7.26. The molecular formula is C21H20O4. The first-order valence-corrected chi connectivity index (χ1v) is 7.97. The van der Waals surface area contributed by atoms with Gasteiger partial charge in [0.25, 0.3) is 0 Å². The van der Waals surface area contributed by atoms with Crippen molar-refractivity contribution in [1.82, 2.24) is 0 Å². The zero-order valence-electron chi connectivity index (χ0n) is 14.5. The molecule has 128 valence electrons. The molecule has 25 heavy (non-hydrogen) atoms. The Morgan fingerprint density at radius 1 is 0.920 bits per heavy atom. The Labute approximate surface area is 146 Å². The van der Waals surface area contributed by atoms with Crippen LogP contribution in [0, 0.1) is 0 Å². The lowest BCUT2D eigenvalue weighted by Crippen LogP contribution is -2.04. The second-order valence-corrected chi connectivity index (χ2v) is 5.72. The number of fused-ring (bicyclic) bond motifs is 1. The van der Waals surface area contributed by atoms with Crippen LogP contribution in [0.5, 0.6) is 11.5 Å². The fourth-order valence-corrected chi connectivity index (χ4v) is 3.01. The summed E-state index contributed by atoms with van der Waals surface area (Å²) in [7, 11) is 4.62.